The Labute approximate surface area is 167 Å². The Morgan fingerprint density at radius 2 is 1.86 bits per heavy atom. The summed E-state index contributed by atoms with van der Waals surface area (Å²) in [7, 11) is -4.15. The summed E-state index contributed by atoms with van der Waals surface area (Å²) < 4.78 is 27.7. The average Bonchev–Trinajstić information content (AvgIpc) is 3.46. The molecule has 1 aliphatic carbocycles. The van der Waals surface area contributed by atoms with Gasteiger partial charge in [0, 0.05) is 28.7 Å². The molecular formula is C18H18ClN3O5S. The summed E-state index contributed by atoms with van der Waals surface area (Å²) >= 11 is 5.74. The maximum Gasteiger partial charge on any atom is 0.290 e. The lowest BCUT2D eigenvalue weighted by molar-refractivity contribution is -0.387. The Kier molecular flexibility index (Phi) is 5.69. The molecule has 0 unspecified atom stereocenters. The number of sulfonamides is 1. The predicted molar refractivity (Wildman–Crippen MR) is 105 cm³/mol. The highest BCUT2D eigenvalue weighted by molar-refractivity contribution is 7.89. The van der Waals surface area contributed by atoms with E-state index in [0.29, 0.717) is 11.3 Å². The lowest BCUT2D eigenvalue weighted by Gasteiger charge is -2.15. The molecule has 148 valence electrons. The van der Waals surface area contributed by atoms with Crippen LogP contribution < -0.4 is 10.0 Å². The van der Waals surface area contributed by atoms with E-state index in [1.807, 2.05) is 0 Å². The zero-order valence-electron chi connectivity index (χ0n) is 14.9. The Morgan fingerprint density at radius 3 is 2.43 bits per heavy atom. The van der Waals surface area contributed by atoms with Crippen molar-refractivity contribution in [1.82, 2.24) is 4.72 Å². The molecule has 10 heteroatoms. The Hall–Kier alpha value is -2.49. The zero-order valence-corrected chi connectivity index (χ0v) is 16.5. The minimum atomic E-state index is -4.15. The lowest BCUT2D eigenvalue weighted by atomic mass is 10.1. The highest BCUT2D eigenvalue weighted by Gasteiger charge is 2.30. The Balaban J connectivity index is 1.75. The van der Waals surface area contributed by atoms with E-state index < -0.39 is 31.6 Å². The predicted octanol–water partition coefficient (Wildman–Crippen LogP) is 3.64. The standard InChI is InChI=1S/C18H18ClN3O5S/c1-11(12-4-7-15(8-5-12)20-18(23)13-2-3-13)21-28(26,27)17-9-6-14(19)10-16(17)22(24)25/h4-11,13,21H,2-3H2,1H3,(H,20,23)/t11-/m0/s1. The van der Waals surface area contributed by atoms with Gasteiger partial charge < -0.3 is 5.32 Å². The second-order valence-corrected chi connectivity index (χ2v) is 8.72. The number of amides is 1. The quantitative estimate of drug-likeness (QED) is 0.520. The van der Waals surface area contributed by atoms with Gasteiger partial charge in [-0.25, -0.2) is 13.1 Å². The fraction of sp³-hybridized carbons (Fsp3) is 0.278. The van der Waals surface area contributed by atoms with E-state index in [9.17, 15) is 23.3 Å². The van der Waals surface area contributed by atoms with Crippen LogP contribution in [-0.2, 0) is 14.8 Å². The van der Waals surface area contributed by atoms with Gasteiger partial charge in [-0.1, -0.05) is 23.7 Å². The molecule has 0 heterocycles. The molecule has 2 N–H and O–H groups in total. The third-order valence-electron chi connectivity index (χ3n) is 4.37. The lowest BCUT2D eigenvalue weighted by Crippen LogP contribution is -2.27. The van der Waals surface area contributed by atoms with Crippen molar-refractivity contribution in [2.45, 2.75) is 30.7 Å². The zero-order chi connectivity index (χ0) is 20.5. The van der Waals surface area contributed by atoms with E-state index >= 15 is 0 Å². The van der Waals surface area contributed by atoms with Crippen molar-refractivity contribution in [3.05, 3.63) is 63.2 Å². The summed E-state index contributed by atoms with van der Waals surface area (Å²) in [4.78, 5) is 21.7. The monoisotopic (exact) mass is 423 g/mol. The van der Waals surface area contributed by atoms with Crippen LogP contribution in [0.3, 0.4) is 0 Å². The minimum Gasteiger partial charge on any atom is -0.326 e. The molecule has 2 aromatic carbocycles. The topological polar surface area (TPSA) is 118 Å². The van der Waals surface area contributed by atoms with Crippen LogP contribution in [0, 0.1) is 16.0 Å². The van der Waals surface area contributed by atoms with E-state index in [1.165, 1.54) is 6.07 Å². The first-order valence-electron chi connectivity index (χ1n) is 8.54. The number of hydrogen-bond donors (Lipinski definition) is 2. The molecule has 0 radical (unpaired) electrons. The van der Waals surface area contributed by atoms with Gasteiger partial charge in [-0.2, -0.15) is 0 Å². The molecule has 3 rings (SSSR count). The first-order chi connectivity index (χ1) is 13.2. The molecule has 0 bridgehead atoms. The highest BCUT2D eigenvalue weighted by Crippen LogP contribution is 2.31. The fourth-order valence-electron chi connectivity index (χ4n) is 2.67. The first kappa shape index (κ1) is 20.2. The summed E-state index contributed by atoms with van der Waals surface area (Å²) in [5.74, 6) is 0.0668. The average molecular weight is 424 g/mol. The summed E-state index contributed by atoms with van der Waals surface area (Å²) in [5.41, 5.74) is 0.680. The van der Waals surface area contributed by atoms with E-state index in [-0.39, 0.29) is 16.8 Å². The molecule has 8 nitrogen and oxygen atoms in total. The number of carbonyl (C=O) groups is 1. The van der Waals surface area contributed by atoms with Gasteiger partial charge in [0.25, 0.3) is 5.69 Å². The summed E-state index contributed by atoms with van der Waals surface area (Å²) in [6, 6.07) is 9.48. The van der Waals surface area contributed by atoms with Crippen LogP contribution in [0.1, 0.15) is 31.4 Å². The largest absolute Gasteiger partial charge is 0.326 e. The molecule has 1 saturated carbocycles. The summed E-state index contributed by atoms with van der Waals surface area (Å²) in [6.07, 6.45) is 1.80. The molecule has 2 aromatic rings. The van der Waals surface area contributed by atoms with Crippen molar-refractivity contribution in [1.29, 1.82) is 0 Å². The number of benzene rings is 2. The minimum absolute atomic E-state index is 0.0171. The SMILES string of the molecule is C[C@H](NS(=O)(=O)c1ccc(Cl)cc1[N+](=O)[O-])c1ccc(NC(=O)C2CC2)cc1. The molecule has 0 spiro atoms. The number of nitro benzene ring substituents is 1. The third-order valence-corrected chi connectivity index (χ3v) is 6.19. The maximum atomic E-state index is 12.6. The van der Waals surface area contributed by atoms with Gasteiger partial charge in [-0.05, 0) is 49.6 Å². The van der Waals surface area contributed by atoms with Gasteiger partial charge in [-0.15, -0.1) is 0 Å². The smallest absolute Gasteiger partial charge is 0.290 e. The van der Waals surface area contributed by atoms with Crippen LogP contribution >= 0.6 is 11.6 Å². The number of nitrogens with zero attached hydrogens (tertiary/aromatic N) is 1. The van der Waals surface area contributed by atoms with Crippen LogP contribution in [0.25, 0.3) is 0 Å². The number of nitro groups is 1. The van der Waals surface area contributed by atoms with Crippen molar-refractivity contribution in [3.8, 4) is 0 Å². The van der Waals surface area contributed by atoms with Crippen LogP contribution in [0.2, 0.25) is 5.02 Å². The molecule has 1 atom stereocenters. The Bertz CT molecular complexity index is 1020. The van der Waals surface area contributed by atoms with Crippen molar-refractivity contribution < 1.29 is 18.1 Å². The van der Waals surface area contributed by atoms with E-state index in [4.69, 9.17) is 11.6 Å². The van der Waals surface area contributed by atoms with Crippen LogP contribution in [0.5, 0.6) is 0 Å². The van der Waals surface area contributed by atoms with Gasteiger partial charge in [0.15, 0.2) is 4.90 Å². The molecular weight excluding hydrogens is 406 g/mol. The normalized spacial score (nSPS) is 15.1. The number of nitrogens with one attached hydrogen (secondary N) is 2. The van der Waals surface area contributed by atoms with Crippen molar-refractivity contribution in [3.63, 3.8) is 0 Å². The van der Waals surface area contributed by atoms with Crippen LogP contribution in [-0.4, -0.2) is 19.2 Å². The van der Waals surface area contributed by atoms with E-state index in [2.05, 4.69) is 10.0 Å². The van der Waals surface area contributed by atoms with Gasteiger partial charge in [0.05, 0.1) is 4.92 Å². The third kappa shape index (κ3) is 4.67. The number of carbonyl (C=O) groups excluding carboxylic acids is 1. The van der Waals surface area contributed by atoms with Crippen molar-refractivity contribution >= 4 is 38.9 Å². The molecule has 0 aromatic heterocycles. The van der Waals surface area contributed by atoms with Crippen molar-refractivity contribution in [2.24, 2.45) is 5.92 Å². The van der Waals surface area contributed by atoms with Gasteiger partial charge in [-0.3, -0.25) is 14.9 Å². The molecule has 1 amide bonds. The van der Waals surface area contributed by atoms with Crippen LogP contribution in [0.4, 0.5) is 11.4 Å². The highest BCUT2D eigenvalue weighted by atomic mass is 35.5. The van der Waals surface area contributed by atoms with Gasteiger partial charge in [0.2, 0.25) is 15.9 Å². The maximum absolute atomic E-state index is 12.6. The Morgan fingerprint density at radius 1 is 1.21 bits per heavy atom. The fourth-order valence-corrected chi connectivity index (χ4v) is 4.22. The summed E-state index contributed by atoms with van der Waals surface area (Å²) in [5, 5.41) is 14.1. The molecule has 28 heavy (non-hydrogen) atoms. The first-order valence-corrected chi connectivity index (χ1v) is 10.4. The molecule has 1 fully saturated rings. The van der Waals surface area contributed by atoms with Gasteiger partial charge in [0.1, 0.15) is 0 Å². The van der Waals surface area contributed by atoms with E-state index in [0.717, 1.165) is 25.0 Å². The molecule has 1 aliphatic rings. The second-order valence-electron chi connectivity index (χ2n) is 6.60. The number of rotatable bonds is 7. The number of anilines is 1. The summed E-state index contributed by atoms with van der Waals surface area (Å²) in [6.45, 7) is 1.62. The molecule has 0 aliphatic heterocycles. The second kappa shape index (κ2) is 7.86. The van der Waals surface area contributed by atoms with Crippen LogP contribution in [0.15, 0.2) is 47.4 Å². The van der Waals surface area contributed by atoms with Crippen molar-refractivity contribution in [2.75, 3.05) is 5.32 Å². The van der Waals surface area contributed by atoms with Gasteiger partial charge >= 0.3 is 0 Å². The number of hydrogen-bond acceptors (Lipinski definition) is 5. The van der Waals surface area contributed by atoms with E-state index in [1.54, 1.807) is 31.2 Å². The number of halogens is 1. The molecule has 0 saturated heterocycles.